The van der Waals surface area contributed by atoms with Crippen LogP contribution in [0, 0.1) is 0 Å². The fourth-order valence-electron chi connectivity index (χ4n) is 4.86. The van der Waals surface area contributed by atoms with Gasteiger partial charge in [-0.05, 0) is 18.4 Å². The quantitative estimate of drug-likeness (QED) is 0.314. The zero-order valence-corrected chi connectivity index (χ0v) is 21.5. The number of hydrogen-bond acceptors (Lipinski definition) is 4. The Kier molecular flexibility index (Phi) is 9.80. The number of aromatic nitrogens is 2. The van der Waals surface area contributed by atoms with E-state index < -0.39 is 0 Å². The molecule has 1 aromatic carbocycles. The number of hydrogen-bond donors (Lipinski definition) is 2. The summed E-state index contributed by atoms with van der Waals surface area (Å²) in [6.07, 6.45) is 10.5. The van der Waals surface area contributed by atoms with Gasteiger partial charge in [0.25, 0.3) is 0 Å². The van der Waals surface area contributed by atoms with Gasteiger partial charge in [-0.3, -0.25) is 14.6 Å². The maximum atomic E-state index is 5.60. The van der Waals surface area contributed by atoms with E-state index in [0.29, 0.717) is 6.54 Å². The van der Waals surface area contributed by atoms with Crippen molar-refractivity contribution >= 4 is 29.9 Å². The largest absolute Gasteiger partial charge is 0.379 e. The number of guanidine groups is 1. The predicted molar refractivity (Wildman–Crippen MR) is 140 cm³/mol. The van der Waals surface area contributed by atoms with Gasteiger partial charge < -0.3 is 15.4 Å². The van der Waals surface area contributed by atoms with Crippen molar-refractivity contribution in [2.45, 2.75) is 50.7 Å². The highest BCUT2D eigenvalue weighted by molar-refractivity contribution is 14.0. The van der Waals surface area contributed by atoms with Gasteiger partial charge in [-0.1, -0.05) is 49.6 Å². The summed E-state index contributed by atoms with van der Waals surface area (Å²) in [6.45, 7) is 6.20. The number of morpholine rings is 1. The zero-order valence-electron chi connectivity index (χ0n) is 19.1. The Bertz CT molecular complexity index is 828. The molecule has 0 spiro atoms. The van der Waals surface area contributed by atoms with E-state index in [1.165, 1.54) is 37.7 Å². The Balaban J connectivity index is 0.00000289. The lowest BCUT2D eigenvalue weighted by Crippen LogP contribution is -2.60. The second-order valence-corrected chi connectivity index (χ2v) is 8.70. The summed E-state index contributed by atoms with van der Waals surface area (Å²) in [5.74, 6) is 0.856. The van der Waals surface area contributed by atoms with Crippen LogP contribution in [-0.2, 0) is 17.8 Å². The van der Waals surface area contributed by atoms with Gasteiger partial charge in [0.1, 0.15) is 0 Å². The molecule has 2 aliphatic rings. The third-order valence-corrected chi connectivity index (χ3v) is 6.61. The Morgan fingerprint density at radius 2 is 1.81 bits per heavy atom. The van der Waals surface area contributed by atoms with Gasteiger partial charge in [-0.25, -0.2) is 0 Å². The summed E-state index contributed by atoms with van der Waals surface area (Å²) in [6, 6.07) is 10.4. The number of nitrogens with zero attached hydrogens (tertiary/aromatic N) is 4. The molecule has 2 fully saturated rings. The van der Waals surface area contributed by atoms with Crippen LogP contribution in [0.15, 0.2) is 47.7 Å². The molecule has 2 N–H and O–H groups in total. The number of halogens is 1. The minimum atomic E-state index is 0. The third-order valence-electron chi connectivity index (χ3n) is 6.61. The number of ether oxygens (including phenoxy) is 1. The third kappa shape index (κ3) is 6.68. The first kappa shape index (κ1) is 25.0. The molecular weight excluding hydrogens is 515 g/mol. The molecule has 0 bridgehead atoms. The second kappa shape index (κ2) is 12.6. The normalized spacial score (nSPS) is 19.2. The Hall–Kier alpha value is -1.65. The van der Waals surface area contributed by atoms with Crippen molar-refractivity contribution < 1.29 is 4.74 Å². The average molecular weight is 553 g/mol. The van der Waals surface area contributed by atoms with Crippen molar-refractivity contribution in [1.29, 1.82) is 0 Å². The van der Waals surface area contributed by atoms with Crippen LogP contribution >= 0.6 is 24.0 Å². The van der Waals surface area contributed by atoms with Gasteiger partial charge in [0, 0.05) is 50.5 Å². The van der Waals surface area contributed by atoms with Gasteiger partial charge in [0.15, 0.2) is 5.96 Å². The maximum Gasteiger partial charge on any atom is 0.191 e. The summed E-state index contributed by atoms with van der Waals surface area (Å²) in [5.41, 5.74) is 2.63. The van der Waals surface area contributed by atoms with E-state index >= 15 is 0 Å². The van der Waals surface area contributed by atoms with E-state index in [2.05, 4.69) is 56.1 Å². The minimum absolute atomic E-state index is 0. The standard InChI is InChI=1S/C24H36N6O.HI/c1-25-23(26-16-22-17-28-30(19-22)18-21-8-4-2-5-9-21)27-20-24(10-6-3-7-11-24)29-12-14-31-15-13-29;/h2,4-5,8-9,17,19H,3,6-7,10-16,18,20H2,1H3,(H2,25,26,27);1H. The SMILES string of the molecule is CN=C(NCc1cnn(Cc2ccccc2)c1)NCC1(N2CCOCC2)CCCCC1.I. The molecule has 0 unspecified atom stereocenters. The molecule has 1 aromatic heterocycles. The molecule has 4 rings (SSSR count). The fourth-order valence-corrected chi connectivity index (χ4v) is 4.86. The molecule has 2 heterocycles. The molecule has 1 saturated carbocycles. The molecule has 0 amide bonds. The van der Waals surface area contributed by atoms with Crippen LogP contribution in [-0.4, -0.2) is 66.1 Å². The lowest BCUT2D eigenvalue weighted by Gasteiger charge is -2.48. The average Bonchev–Trinajstić information content (AvgIpc) is 3.28. The Labute approximate surface area is 209 Å². The fraction of sp³-hybridized carbons (Fsp3) is 0.583. The van der Waals surface area contributed by atoms with Crippen molar-refractivity contribution in [1.82, 2.24) is 25.3 Å². The number of nitrogens with one attached hydrogen (secondary N) is 2. The molecule has 7 nitrogen and oxygen atoms in total. The van der Waals surface area contributed by atoms with Gasteiger partial charge in [0.05, 0.1) is 26.0 Å². The summed E-state index contributed by atoms with van der Waals surface area (Å²) in [4.78, 5) is 7.12. The van der Waals surface area contributed by atoms with Crippen molar-refractivity contribution in [3.63, 3.8) is 0 Å². The van der Waals surface area contributed by atoms with E-state index in [1.807, 2.05) is 24.0 Å². The van der Waals surface area contributed by atoms with Gasteiger partial charge in [0.2, 0.25) is 0 Å². The van der Waals surface area contributed by atoms with Crippen LogP contribution in [0.2, 0.25) is 0 Å². The molecule has 2 aromatic rings. The molecule has 1 aliphatic carbocycles. The van der Waals surface area contributed by atoms with Gasteiger partial charge in [-0.15, -0.1) is 24.0 Å². The van der Waals surface area contributed by atoms with Crippen LogP contribution < -0.4 is 10.6 Å². The zero-order chi connectivity index (χ0) is 21.4. The highest BCUT2D eigenvalue weighted by Crippen LogP contribution is 2.33. The topological polar surface area (TPSA) is 66.7 Å². The predicted octanol–water partition coefficient (Wildman–Crippen LogP) is 3.25. The van der Waals surface area contributed by atoms with E-state index in [1.54, 1.807) is 0 Å². The van der Waals surface area contributed by atoms with Crippen molar-refractivity contribution in [3.8, 4) is 0 Å². The van der Waals surface area contributed by atoms with Crippen LogP contribution in [0.4, 0.5) is 0 Å². The summed E-state index contributed by atoms with van der Waals surface area (Å²) in [5, 5.41) is 11.6. The maximum absolute atomic E-state index is 5.60. The molecular formula is C24H37IN6O. The summed E-state index contributed by atoms with van der Waals surface area (Å²) in [7, 11) is 1.84. The molecule has 0 atom stereocenters. The van der Waals surface area contributed by atoms with Crippen LogP contribution in [0.3, 0.4) is 0 Å². The van der Waals surface area contributed by atoms with Crippen molar-refractivity contribution in [2.24, 2.45) is 4.99 Å². The lowest BCUT2D eigenvalue weighted by molar-refractivity contribution is -0.0352. The highest BCUT2D eigenvalue weighted by Gasteiger charge is 2.38. The lowest BCUT2D eigenvalue weighted by atomic mass is 9.80. The highest BCUT2D eigenvalue weighted by atomic mass is 127. The molecule has 0 radical (unpaired) electrons. The first-order chi connectivity index (χ1) is 15.3. The van der Waals surface area contributed by atoms with Crippen LogP contribution in [0.25, 0.3) is 0 Å². The Morgan fingerprint density at radius 3 is 2.53 bits per heavy atom. The van der Waals surface area contributed by atoms with Gasteiger partial charge >= 0.3 is 0 Å². The molecule has 1 saturated heterocycles. The van der Waals surface area contributed by atoms with Crippen molar-refractivity contribution in [2.75, 3.05) is 39.9 Å². The number of aliphatic imine (C=N–C) groups is 1. The second-order valence-electron chi connectivity index (χ2n) is 8.70. The molecule has 8 heteroatoms. The molecule has 32 heavy (non-hydrogen) atoms. The van der Waals surface area contributed by atoms with E-state index in [9.17, 15) is 0 Å². The first-order valence-electron chi connectivity index (χ1n) is 11.6. The summed E-state index contributed by atoms with van der Waals surface area (Å²) < 4.78 is 7.59. The summed E-state index contributed by atoms with van der Waals surface area (Å²) >= 11 is 0. The smallest absolute Gasteiger partial charge is 0.191 e. The number of rotatable bonds is 7. The van der Waals surface area contributed by atoms with E-state index in [-0.39, 0.29) is 29.5 Å². The minimum Gasteiger partial charge on any atom is -0.379 e. The molecule has 1 aliphatic heterocycles. The first-order valence-corrected chi connectivity index (χ1v) is 11.6. The Morgan fingerprint density at radius 1 is 1.06 bits per heavy atom. The van der Waals surface area contributed by atoms with E-state index in [0.717, 1.165) is 50.9 Å². The van der Waals surface area contributed by atoms with Crippen LogP contribution in [0.5, 0.6) is 0 Å². The van der Waals surface area contributed by atoms with E-state index in [4.69, 9.17) is 4.74 Å². The van der Waals surface area contributed by atoms with Crippen molar-refractivity contribution in [3.05, 3.63) is 53.9 Å². The van der Waals surface area contributed by atoms with Gasteiger partial charge in [-0.2, -0.15) is 5.10 Å². The van der Waals surface area contributed by atoms with Crippen LogP contribution in [0.1, 0.15) is 43.2 Å². The monoisotopic (exact) mass is 552 g/mol. The number of benzene rings is 1. The molecule has 176 valence electrons.